The molecule has 0 N–H and O–H groups in total. The molecule has 20 heavy (non-hydrogen) atoms. The van der Waals surface area contributed by atoms with E-state index < -0.39 is 0 Å². The highest BCUT2D eigenvalue weighted by Crippen LogP contribution is 2.24. The topological polar surface area (TPSA) is 41.7 Å². The molecule has 1 saturated heterocycles. The molecule has 0 aromatic carbocycles. The molecule has 2 rings (SSSR count). The Bertz CT molecular complexity index is 386. The number of nitrogens with zero attached hydrogens (tertiary/aromatic N) is 3. The summed E-state index contributed by atoms with van der Waals surface area (Å²) in [6.45, 7) is 12.8. The number of ether oxygens (including phenoxy) is 1. The molecular weight excluding hydrogens is 254 g/mol. The van der Waals surface area contributed by atoms with Crippen molar-refractivity contribution in [3.8, 4) is 0 Å². The van der Waals surface area contributed by atoms with Crippen LogP contribution in [0.4, 0.5) is 0 Å². The Morgan fingerprint density at radius 1 is 1.40 bits per heavy atom. The third-order valence-corrected chi connectivity index (χ3v) is 3.98. The van der Waals surface area contributed by atoms with E-state index in [1.54, 1.807) is 6.26 Å². The number of hydrogen-bond donors (Lipinski definition) is 0. The minimum absolute atomic E-state index is 0.240. The molecule has 0 amide bonds. The fourth-order valence-corrected chi connectivity index (χ4v) is 2.89. The lowest BCUT2D eigenvalue weighted by Gasteiger charge is -2.38. The zero-order valence-corrected chi connectivity index (χ0v) is 13.1. The molecule has 1 aromatic heterocycles. The van der Waals surface area contributed by atoms with Gasteiger partial charge in [0, 0.05) is 32.2 Å². The number of hydrogen-bond acceptors (Lipinski definition) is 5. The second kappa shape index (κ2) is 6.70. The van der Waals surface area contributed by atoms with Crippen LogP contribution < -0.4 is 0 Å². The number of morpholine rings is 1. The van der Waals surface area contributed by atoms with Crippen molar-refractivity contribution in [3.63, 3.8) is 0 Å². The van der Waals surface area contributed by atoms with Crippen LogP contribution in [-0.4, -0.2) is 61.4 Å². The van der Waals surface area contributed by atoms with E-state index in [2.05, 4.69) is 42.8 Å². The van der Waals surface area contributed by atoms with E-state index in [-0.39, 0.29) is 11.5 Å². The van der Waals surface area contributed by atoms with Crippen LogP contribution in [0.3, 0.4) is 0 Å². The lowest BCUT2D eigenvalue weighted by atomic mass is 9.91. The molecule has 0 bridgehead atoms. The third kappa shape index (κ3) is 4.30. The van der Waals surface area contributed by atoms with E-state index in [1.807, 2.05) is 6.07 Å². The molecule has 5 heteroatoms. The molecule has 2 heterocycles. The monoisotopic (exact) mass is 281 g/mol. The average molecular weight is 281 g/mol. The Labute approximate surface area is 121 Å². The normalized spacial score (nSPS) is 19.4. The van der Waals surface area contributed by atoms with Gasteiger partial charge in [-0.05, 0) is 19.4 Å². The van der Waals surface area contributed by atoms with Crippen molar-refractivity contribution in [2.45, 2.75) is 26.8 Å². The Hall–Kier alpha value is -0.910. The molecule has 1 aliphatic heterocycles. The second-order valence-corrected chi connectivity index (χ2v) is 6.57. The van der Waals surface area contributed by atoms with Gasteiger partial charge in [0.25, 0.3) is 0 Å². The van der Waals surface area contributed by atoms with E-state index in [0.717, 1.165) is 45.1 Å². The zero-order valence-electron chi connectivity index (χ0n) is 13.1. The standard InChI is InChI=1S/C15H27N3O2/c1-13(14-5-8-20-16-14)17(4)11-15(2,3)12-18-6-9-19-10-7-18/h5,8,13H,6-7,9-12H2,1-4H3. The van der Waals surface area contributed by atoms with Crippen LogP contribution >= 0.6 is 0 Å². The van der Waals surface area contributed by atoms with Crippen LogP contribution in [0.15, 0.2) is 16.9 Å². The fourth-order valence-electron chi connectivity index (χ4n) is 2.89. The molecular formula is C15H27N3O2. The lowest BCUT2D eigenvalue weighted by molar-refractivity contribution is 0.0143. The highest BCUT2D eigenvalue weighted by atomic mass is 16.5. The van der Waals surface area contributed by atoms with Crippen molar-refractivity contribution in [1.29, 1.82) is 0 Å². The van der Waals surface area contributed by atoms with Crippen LogP contribution in [0.2, 0.25) is 0 Å². The Kier molecular flexibility index (Phi) is 5.18. The summed E-state index contributed by atoms with van der Waals surface area (Å²) in [4.78, 5) is 4.84. The van der Waals surface area contributed by atoms with Gasteiger partial charge in [-0.2, -0.15) is 0 Å². The van der Waals surface area contributed by atoms with Crippen molar-refractivity contribution in [3.05, 3.63) is 18.0 Å². The maximum Gasteiger partial charge on any atom is 0.124 e. The molecule has 114 valence electrons. The second-order valence-electron chi connectivity index (χ2n) is 6.57. The molecule has 0 spiro atoms. The summed E-state index contributed by atoms with van der Waals surface area (Å²) in [6, 6.07) is 2.22. The van der Waals surface area contributed by atoms with Gasteiger partial charge in [-0.15, -0.1) is 0 Å². The first-order valence-electron chi connectivity index (χ1n) is 7.38. The fraction of sp³-hybridized carbons (Fsp3) is 0.800. The lowest BCUT2D eigenvalue weighted by Crippen LogP contribution is -2.45. The Morgan fingerprint density at radius 3 is 2.70 bits per heavy atom. The van der Waals surface area contributed by atoms with Gasteiger partial charge in [-0.3, -0.25) is 9.80 Å². The highest BCUT2D eigenvalue weighted by Gasteiger charge is 2.27. The van der Waals surface area contributed by atoms with Crippen LogP contribution in [-0.2, 0) is 4.74 Å². The first-order valence-corrected chi connectivity index (χ1v) is 7.38. The summed E-state index contributed by atoms with van der Waals surface area (Å²) >= 11 is 0. The van der Waals surface area contributed by atoms with Crippen molar-refractivity contribution in [1.82, 2.24) is 15.0 Å². The van der Waals surface area contributed by atoms with E-state index in [4.69, 9.17) is 9.26 Å². The van der Waals surface area contributed by atoms with E-state index >= 15 is 0 Å². The van der Waals surface area contributed by atoms with Gasteiger partial charge in [0.1, 0.15) is 12.0 Å². The van der Waals surface area contributed by atoms with Gasteiger partial charge in [0.2, 0.25) is 0 Å². The van der Waals surface area contributed by atoms with Crippen LogP contribution in [0.1, 0.15) is 32.5 Å². The van der Waals surface area contributed by atoms with Crippen LogP contribution in [0.5, 0.6) is 0 Å². The molecule has 0 radical (unpaired) electrons. The summed E-state index contributed by atoms with van der Waals surface area (Å²) in [5.74, 6) is 0. The average Bonchev–Trinajstić information content (AvgIpc) is 2.91. The summed E-state index contributed by atoms with van der Waals surface area (Å²) < 4.78 is 10.4. The minimum Gasteiger partial charge on any atom is -0.379 e. The summed E-state index contributed by atoms with van der Waals surface area (Å²) in [7, 11) is 2.15. The first kappa shape index (κ1) is 15.5. The third-order valence-electron chi connectivity index (χ3n) is 3.98. The summed E-state index contributed by atoms with van der Waals surface area (Å²) in [5.41, 5.74) is 1.24. The smallest absolute Gasteiger partial charge is 0.124 e. The van der Waals surface area contributed by atoms with Crippen molar-refractivity contribution in [2.75, 3.05) is 46.4 Å². The molecule has 1 aromatic rings. The minimum atomic E-state index is 0.240. The van der Waals surface area contributed by atoms with Gasteiger partial charge >= 0.3 is 0 Å². The largest absolute Gasteiger partial charge is 0.379 e. The van der Waals surface area contributed by atoms with Crippen molar-refractivity contribution in [2.24, 2.45) is 5.41 Å². The molecule has 5 nitrogen and oxygen atoms in total. The maximum absolute atomic E-state index is 5.41. The quantitative estimate of drug-likeness (QED) is 0.798. The molecule has 1 unspecified atom stereocenters. The van der Waals surface area contributed by atoms with Gasteiger partial charge < -0.3 is 9.26 Å². The van der Waals surface area contributed by atoms with E-state index in [9.17, 15) is 0 Å². The SMILES string of the molecule is CC(c1ccon1)N(C)CC(C)(C)CN1CCOCC1. The number of rotatable bonds is 6. The Morgan fingerprint density at radius 2 is 2.10 bits per heavy atom. The van der Waals surface area contributed by atoms with Crippen molar-refractivity contribution >= 4 is 0 Å². The Balaban J connectivity index is 1.86. The van der Waals surface area contributed by atoms with Gasteiger partial charge in [-0.25, -0.2) is 0 Å². The summed E-state index contributed by atoms with van der Waals surface area (Å²) in [6.07, 6.45) is 1.64. The number of aromatic nitrogens is 1. The molecule has 1 fully saturated rings. The highest BCUT2D eigenvalue weighted by molar-refractivity contribution is 5.01. The van der Waals surface area contributed by atoms with Crippen molar-refractivity contribution < 1.29 is 9.26 Å². The maximum atomic E-state index is 5.41. The molecule has 0 saturated carbocycles. The van der Waals surface area contributed by atoms with Gasteiger partial charge in [0.05, 0.1) is 19.3 Å². The van der Waals surface area contributed by atoms with E-state index in [0.29, 0.717) is 0 Å². The predicted octanol–water partition coefficient (Wildman–Crippen LogP) is 2.03. The van der Waals surface area contributed by atoms with E-state index in [1.165, 1.54) is 0 Å². The van der Waals surface area contributed by atoms with Crippen LogP contribution in [0.25, 0.3) is 0 Å². The molecule has 0 aliphatic carbocycles. The first-order chi connectivity index (χ1) is 9.48. The van der Waals surface area contributed by atoms with Gasteiger partial charge in [-0.1, -0.05) is 19.0 Å². The summed E-state index contributed by atoms with van der Waals surface area (Å²) in [5, 5.41) is 4.04. The van der Waals surface area contributed by atoms with Crippen LogP contribution in [0, 0.1) is 5.41 Å². The molecule has 1 atom stereocenters. The zero-order chi connectivity index (χ0) is 14.6. The van der Waals surface area contributed by atoms with Gasteiger partial charge in [0.15, 0.2) is 0 Å². The predicted molar refractivity (Wildman–Crippen MR) is 78.6 cm³/mol. The molecule has 1 aliphatic rings.